The van der Waals surface area contributed by atoms with E-state index in [1.165, 1.54) is 13.1 Å². The highest BCUT2D eigenvalue weighted by molar-refractivity contribution is 6.02. The Hall–Kier alpha value is -3.89. The van der Waals surface area contributed by atoms with Gasteiger partial charge in [0.25, 0.3) is 5.91 Å². The normalized spacial score (nSPS) is 15.1. The molecule has 10 heteroatoms. The molecule has 1 aliphatic rings. The van der Waals surface area contributed by atoms with Crippen molar-refractivity contribution in [2.24, 2.45) is 5.73 Å². The maximum absolute atomic E-state index is 12.6. The summed E-state index contributed by atoms with van der Waals surface area (Å²) in [5.41, 5.74) is 8.35. The lowest BCUT2D eigenvalue weighted by Gasteiger charge is -2.32. The standard InChI is InChI=1S/C26H30N4O6/c1-14(2)17-12-18(20(32)13-19(17)31)24-21(22(29-36-24)26(34)28-3)15-4-6-16(7-5-15)23(25(27)33)30-8-10-35-11-9-30/h4-7,12-14,23,31-32H,8-11H2,1-3H3,(H2,27,33)(H,28,34). The maximum Gasteiger partial charge on any atom is 0.273 e. The summed E-state index contributed by atoms with van der Waals surface area (Å²) in [5, 5.41) is 27.4. The predicted octanol–water partition coefficient (Wildman–Crippen LogP) is 2.76. The molecule has 0 aliphatic carbocycles. The smallest absolute Gasteiger partial charge is 0.273 e. The molecule has 1 fully saturated rings. The van der Waals surface area contributed by atoms with Gasteiger partial charge in [0.05, 0.1) is 24.3 Å². The van der Waals surface area contributed by atoms with Gasteiger partial charge >= 0.3 is 0 Å². The van der Waals surface area contributed by atoms with Crippen LogP contribution >= 0.6 is 0 Å². The number of hydrogen-bond donors (Lipinski definition) is 4. The summed E-state index contributed by atoms with van der Waals surface area (Å²) in [5.74, 6) is -1.02. The number of ether oxygens (including phenoxy) is 1. The molecule has 10 nitrogen and oxygen atoms in total. The Kier molecular flexibility index (Phi) is 7.27. The molecule has 0 spiro atoms. The van der Waals surface area contributed by atoms with E-state index in [0.717, 1.165) is 0 Å². The summed E-state index contributed by atoms with van der Waals surface area (Å²) in [6, 6.07) is 9.34. The Balaban J connectivity index is 1.81. The van der Waals surface area contributed by atoms with Crippen LogP contribution in [0, 0.1) is 0 Å². The molecular weight excluding hydrogens is 464 g/mol. The number of benzene rings is 2. The van der Waals surface area contributed by atoms with Gasteiger partial charge < -0.3 is 30.5 Å². The third-order valence-corrected chi connectivity index (χ3v) is 6.34. The lowest BCUT2D eigenvalue weighted by atomic mass is 9.93. The molecule has 5 N–H and O–H groups in total. The summed E-state index contributed by atoms with van der Waals surface area (Å²) in [6.07, 6.45) is 0. The highest BCUT2D eigenvalue weighted by Crippen LogP contribution is 2.43. The summed E-state index contributed by atoms with van der Waals surface area (Å²) >= 11 is 0. The quantitative estimate of drug-likeness (QED) is 0.391. The largest absolute Gasteiger partial charge is 0.508 e. The van der Waals surface area contributed by atoms with Gasteiger partial charge in [0, 0.05) is 26.2 Å². The number of phenols is 2. The molecule has 1 aromatic heterocycles. The van der Waals surface area contributed by atoms with Gasteiger partial charge in [-0.1, -0.05) is 43.3 Å². The minimum atomic E-state index is -0.613. The van der Waals surface area contributed by atoms with Gasteiger partial charge in [0.2, 0.25) is 5.91 Å². The molecule has 0 bridgehead atoms. The van der Waals surface area contributed by atoms with Crippen LogP contribution in [0.25, 0.3) is 22.5 Å². The Morgan fingerprint density at radius 2 is 1.75 bits per heavy atom. The number of carbonyl (C=O) groups excluding carboxylic acids is 2. The molecule has 2 aromatic carbocycles. The van der Waals surface area contributed by atoms with Crippen molar-refractivity contribution in [3.8, 4) is 33.9 Å². The number of morpholine rings is 1. The first-order valence-electron chi connectivity index (χ1n) is 11.7. The van der Waals surface area contributed by atoms with Crippen LogP contribution < -0.4 is 11.1 Å². The number of amides is 2. The Morgan fingerprint density at radius 3 is 2.33 bits per heavy atom. The van der Waals surface area contributed by atoms with E-state index in [4.69, 9.17) is 15.0 Å². The van der Waals surface area contributed by atoms with E-state index in [0.29, 0.717) is 54.1 Å². The zero-order valence-electron chi connectivity index (χ0n) is 20.4. The molecule has 1 saturated heterocycles. The fraction of sp³-hybridized carbons (Fsp3) is 0.346. The number of carbonyl (C=O) groups is 2. The van der Waals surface area contributed by atoms with Crippen LogP contribution in [0.15, 0.2) is 40.9 Å². The number of phenolic OH excluding ortho intramolecular Hbond substituents is 2. The van der Waals surface area contributed by atoms with Crippen molar-refractivity contribution >= 4 is 11.8 Å². The van der Waals surface area contributed by atoms with Crippen molar-refractivity contribution < 1.29 is 29.1 Å². The first kappa shape index (κ1) is 25.2. The number of nitrogens with zero attached hydrogens (tertiary/aromatic N) is 2. The molecule has 0 saturated carbocycles. The topological polar surface area (TPSA) is 151 Å². The van der Waals surface area contributed by atoms with Crippen molar-refractivity contribution in [2.75, 3.05) is 33.4 Å². The van der Waals surface area contributed by atoms with E-state index in [1.54, 1.807) is 30.3 Å². The van der Waals surface area contributed by atoms with Gasteiger partial charge in [-0.05, 0) is 28.7 Å². The highest BCUT2D eigenvalue weighted by atomic mass is 16.5. The van der Waals surface area contributed by atoms with Crippen molar-refractivity contribution in [1.29, 1.82) is 0 Å². The monoisotopic (exact) mass is 494 g/mol. The first-order valence-corrected chi connectivity index (χ1v) is 11.7. The number of aromatic hydroxyl groups is 2. The van der Waals surface area contributed by atoms with Crippen LogP contribution in [0.3, 0.4) is 0 Å². The summed E-state index contributed by atoms with van der Waals surface area (Å²) in [4.78, 5) is 26.9. The van der Waals surface area contributed by atoms with Crippen LogP contribution in [-0.2, 0) is 9.53 Å². The van der Waals surface area contributed by atoms with Crippen LogP contribution in [0.1, 0.15) is 47.4 Å². The second-order valence-corrected chi connectivity index (χ2v) is 8.97. The number of nitrogens with two attached hydrogens (primary N) is 1. The molecule has 36 heavy (non-hydrogen) atoms. The second kappa shape index (κ2) is 10.4. The molecule has 1 atom stereocenters. The van der Waals surface area contributed by atoms with E-state index in [9.17, 15) is 19.8 Å². The van der Waals surface area contributed by atoms with Crippen molar-refractivity contribution in [3.05, 3.63) is 53.2 Å². The number of hydrogen-bond acceptors (Lipinski definition) is 8. The molecule has 4 rings (SSSR count). The van der Waals surface area contributed by atoms with Crippen LogP contribution in [0.5, 0.6) is 11.5 Å². The third kappa shape index (κ3) is 4.77. The average Bonchev–Trinajstić information content (AvgIpc) is 3.29. The molecule has 1 unspecified atom stereocenters. The Bertz CT molecular complexity index is 1260. The zero-order valence-corrected chi connectivity index (χ0v) is 20.4. The molecule has 1 aliphatic heterocycles. The van der Waals surface area contributed by atoms with Crippen LogP contribution in [0.2, 0.25) is 0 Å². The highest BCUT2D eigenvalue weighted by Gasteiger charge is 2.29. The zero-order chi connectivity index (χ0) is 26.0. The van der Waals surface area contributed by atoms with E-state index >= 15 is 0 Å². The molecule has 2 heterocycles. The van der Waals surface area contributed by atoms with Crippen molar-refractivity contribution in [2.45, 2.75) is 25.8 Å². The number of nitrogens with one attached hydrogen (secondary N) is 1. The van der Waals surface area contributed by atoms with Crippen LogP contribution in [0.4, 0.5) is 0 Å². The third-order valence-electron chi connectivity index (χ3n) is 6.34. The molecule has 190 valence electrons. The molecule has 3 aromatic rings. The molecule has 2 amide bonds. The lowest BCUT2D eigenvalue weighted by Crippen LogP contribution is -2.44. The Labute approximate surface area is 208 Å². The van der Waals surface area contributed by atoms with Gasteiger partial charge in [-0.2, -0.15) is 0 Å². The summed E-state index contributed by atoms with van der Waals surface area (Å²) in [7, 11) is 1.48. The van der Waals surface area contributed by atoms with Gasteiger partial charge in [-0.3, -0.25) is 14.5 Å². The number of aromatic nitrogens is 1. The number of primary amides is 1. The SMILES string of the molecule is CNC(=O)c1noc(-c2cc(C(C)C)c(O)cc2O)c1-c1ccc(C(C(N)=O)N2CCOCC2)cc1. The van der Waals surface area contributed by atoms with Gasteiger partial charge in [0.1, 0.15) is 17.5 Å². The van der Waals surface area contributed by atoms with Gasteiger partial charge in [-0.15, -0.1) is 0 Å². The molecular formula is C26H30N4O6. The van der Waals surface area contributed by atoms with Crippen molar-refractivity contribution in [1.82, 2.24) is 15.4 Å². The fourth-order valence-corrected chi connectivity index (χ4v) is 4.48. The number of rotatable bonds is 7. The fourth-order valence-electron chi connectivity index (χ4n) is 4.48. The van der Waals surface area contributed by atoms with E-state index in [-0.39, 0.29) is 28.9 Å². The predicted molar refractivity (Wildman–Crippen MR) is 133 cm³/mol. The van der Waals surface area contributed by atoms with Crippen molar-refractivity contribution in [3.63, 3.8) is 0 Å². The second-order valence-electron chi connectivity index (χ2n) is 8.97. The van der Waals surface area contributed by atoms with E-state index in [1.807, 2.05) is 18.7 Å². The minimum absolute atomic E-state index is 0.0284. The average molecular weight is 495 g/mol. The van der Waals surface area contributed by atoms with Gasteiger partial charge in [0.15, 0.2) is 11.5 Å². The lowest BCUT2D eigenvalue weighted by molar-refractivity contribution is -0.125. The van der Waals surface area contributed by atoms with Crippen LogP contribution in [-0.4, -0.2) is 65.4 Å². The Morgan fingerprint density at radius 1 is 1.08 bits per heavy atom. The summed E-state index contributed by atoms with van der Waals surface area (Å²) < 4.78 is 11.0. The van der Waals surface area contributed by atoms with E-state index in [2.05, 4.69) is 10.5 Å². The van der Waals surface area contributed by atoms with Gasteiger partial charge in [-0.25, -0.2) is 0 Å². The molecule has 0 radical (unpaired) electrons. The summed E-state index contributed by atoms with van der Waals surface area (Å²) in [6.45, 7) is 6.05. The van der Waals surface area contributed by atoms with E-state index < -0.39 is 17.9 Å². The maximum atomic E-state index is 12.6. The first-order chi connectivity index (χ1) is 17.2. The minimum Gasteiger partial charge on any atom is -0.508 e.